The summed E-state index contributed by atoms with van der Waals surface area (Å²) < 4.78 is 0. The molecule has 0 saturated carbocycles. The number of carboxylic acids is 1. The molecule has 0 spiro atoms. The molecule has 98 valence electrons. The number of carbonyl (C=O) groups is 2. The second-order valence-corrected chi connectivity index (χ2v) is 6.04. The quantitative estimate of drug-likeness (QED) is 0.838. The van der Waals surface area contributed by atoms with Crippen LogP contribution in [0, 0.1) is 13.8 Å². The lowest BCUT2D eigenvalue weighted by Gasteiger charge is -2.19. The van der Waals surface area contributed by atoms with Crippen LogP contribution in [-0.4, -0.2) is 40.5 Å². The van der Waals surface area contributed by atoms with E-state index < -0.39 is 11.5 Å². The van der Waals surface area contributed by atoms with E-state index in [0.29, 0.717) is 17.8 Å². The zero-order valence-corrected chi connectivity index (χ0v) is 11.2. The van der Waals surface area contributed by atoms with Crippen molar-refractivity contribution >= 4 is 23.2 Å². The van der Waals surface area contributed by atoms with Crippen LogP contribution in [0.1, 0.15) is 26.5 Å². The fourth-order valence-electron chi connectivity index (χ4n) is 2.02. The summed E-state index contributed by atoms with van der Waals surface area (Å²) in [4.78, 5) is 26.5. The number of rotatable bonds is 2. The first kappa shape index (κ1) is 13.0. The Labute approximate surface area is 109 Å². The fraction of sp³-hybridized carbons (Fsp3) is 0.500. The summed E-state index contributed by atoms with van der Waals surface area (Å²) in [6.45, 7) is 4.40. The van der Waals surface area contributed by atoms with Gasteiger partial charge >= 0.3 is 5.97 Å². The van der Waals surface area contributed by atoms with Crippen LogP contribution in [0.25, 0.3) is 0 Å². The number of hydrogen-bond donors (Lipinski definition) is 2. The van der Waals surface area contributed by atoms with Crippen molar-refractivity contribution in [2.45, 2.75) is 25.8 Å². The SMILES string of the molecule is Cc1cc(C(=O)N2CCC(N)(C(=O)O)C2)sc1C. The van der Waals surface area contributed by atoms with Crippen molar-refractivity contribution in [3.63, 3.8) is 0 Å². The minimum atomic E-state index is -1.29. The van der Waals surface area contributed by atoms with Crippen molar-refractivity contribution in [1.29, 1.82) is 0 Å². The number of carboxylic acid groups (broad SMARTS) is 1. The monoisotopic (exact) mass is 268 g/mol. The van der Waals surface area contributed by atoms with Gasteiger partial charge in [-0.2, -0.15) is 0 Å². The number of aliphatic carboxylic acids is 1. The van der Waals surface area contributed by atoms with Crippen LogP contribution < -0.4 is 5.73 Å². The Balaban J connectivity index is 2.15. The number of hydrogen-bond acceptors (Lipinski definition) is 4. The maximum absolute atomic E-state index is 12.2. The molecule has 5 nitrogen and oxygen atoms in total. The fourth-order valence-corrected chi connectivity index (χ4v) is 3.02. The molecule has 0 radical (unpaired) electrons. The zero-order chi connectivity index (χ0) is 13.5. The molecule has 1 amide bonds. The van der Waals surface area contributed by atoms with Gasteiger partial charge in [0.25, 0.3) is 5.91 Å². The lowest BCUT2D eigenvalue weighted by Crippen LogP contribution is -2.50. The Morgan fingerprint density at radius 1 is 1.50 bits per heavy atom. The predicted octanol–water partition coefficient (Wildman–Crippen LogP) is 0.993. The number of amides is 1. The third kappa shape index (κ3) is 2.13. The molecule has 0 aliphatic carbocycles. The van der Waals surface area contributed by atoms with Gasteiger partial charge in [0, 0.05) is 18.0 Å². The van der Waals surface area contributed by atoms with Gasteiger partial charge in [-0.25, -0.2) is 0 Å². The molecule has 1 aliphatic heterocycles. The standard InChI is InChI=1S/C12H16N2O3S/c1-7-5-9(18-8(7)2)10(15)14-4-3-12(13,6-14)11(16)17/h5H,3-4,6,13H2,1-2H3,(H,16,17). The number of nitrogens with two attached hydrogens (primary N) is 1. The second-order valence-electron chi connectivity index (χ2n) is 4.79. The molecule has 1 aliphatic rings. The van der Waals surface area contributed by atoms with Gasteiger partial charge in [0.05, 0.1) is 4.88 Å². The molecule has 2 rings (SSSR count). The molecule has 3 N–H and O–H groups in total. The van der Waals surface area contributed by atoms with Crippen molar-refractivity contribution in [2.75, 3.05) is 13.1 Å². The van der Waals surface area contributed by atoms with Gasteiger partial charge < -0.3 is 15.7 Å². The van der Waals surface area contributed by atoms with E-state index in [4.69, 9.17) is 10.8 Å². The zero-order valence-electron chi connectivity index (χ0n) is 10.4. The van der Waals surface area contributed by atoms with Crippen molar-refractivity contribution in [3.8, 4) is 0 Å². The summed E-state index contributed by atoms with van der Waals surface area (Å²) >= 11 is 1.44. The minimum absolute atomic E-state index is 0.0805. The molecule has 1 unspecified atom stereocenters. The van der Waals surface area contributed by atoms with E-state index in [1.165, 1.54) is 16.2 Å². The van der Waals surface area contributed by atoms with Crippen LogP contribution in [0.3, 0.4) is 0 Å². The first-order valence-electron chi connectivity index (χ1n) is 5.72. The third-order valence-corrected chi connectivity index (χ3v) is 4.53. The first-order valence-corrected chi connectivity index (χ1v) is 6.54. The molecule has 0 aromatic carbocycles. The predicted molar refractivity (Wildman–Crippen MR) is 68.9 cm³/mol. The van der Waals surface area contributed by atoms with Gasteiger partial charge in [-0.15, -0.1) is 11.3 Å². The van der Waals surface area contributed by atoms with E-state index in [0.717, 1.165) is 10.4 Å². The van der Waals surface area contributed by atoms with Crippen LogP contribution in [0.2, 0.25) is 0 Å². The summed E-state index contributed by atoms with van der Waals surface area (Å²) in [5.41, 5.74) is 5.54. The second kappa shape index (κ2) is 4.37. The van der Waals surface area contributed by atoms with Gasteiger partial charge in [0.15, 0.2) is 0 Å². The molecule has 18 heavy (non-hydrogen) atoms. The molecule has 1 atom stereocenters. The molecule has 1 aromatic heterocycles. The Morgan fingerprint density at radius 2 is 2.17 bits per heavy atom. The van der Waals surface area contributed by atoms with Crippen molar-refractivity contribution in [2.24, 2.45) is 5.73 Å². The van der Waals surface area contributed by atoms with Crippen molar-refractivity contribution in [1.82, 2.24) is 4.90 Å². The smallest absolute Gasteiger partial charge is 0.325 e. The number of carbonyl (C=O) groups excluding carboxylic acids is 1. The van der Waals surface area contributed by atoms with Crippen LogP contribution in [-0.2, 0) is 4.79 Å². The van der Waals surface area contributed by atoms with E-state index in [9.17, 15) is 9.59 Å². The van der Waals surface area contributed by atoms with E-state index in [1.54, 1.807) is 0 Å². The maximum Gasteiger partial charge on any atom is 0.325 e. The van der Waals surface area contributed by atoms with Gasteiger partial charge in [-0.05, 0) is 31.9 Å². The summed E-state index contributed by atoms with van der Waals surface area (Å²) in [5, 5.41) is 9.03. The lowest BCUT2D eigenvalue weighted by molar-refractivity contribution is -0.142. The van der Waals surface area contributed by atoms with Crippen LogP contribution in [0.4, 0.5) is 0 Å². The van der Waals surface area contributed by atoms with E-state index in [2.05, 4.69) is 0 Å². The van der Waals surface area contributed by atoms with E-state index >= 15 is 0 Å². The summed E-state index contributed by atoms with van der Waals surface area (Å²) in [6, 6.07) is 1.85. The summed E-state index contributed by atoms with van der Waals surface area (Å²) in [7, 11) is 0. The normalized spacial score (nSPS) is 23.4. The maximum atomic E-state index is 12.2. The van der Waals surface area contributed by atoms with Crippen LogP contribution >= 0.6 is 11.3 Å². The van der Waals surface area contributed by atoms with Crippen molar-refractivity contribution in [3.05, 3.63) is 21.4 Å². The van der Waals surface area contributed by atoms with Crippen molar-refractivity contribution < 1.29 is 14.7 Å². The number of thiophene rings is 1. The molecule has 1 saturated heterocycles. The van der Waals surface area contributed by atoms with Gasteiger partial charge in [0.2, 0.25) is 0 Å². The Morgan fingerprint density at radius 3 is 2.61 bits per heavy atom. The Bertz CT molecular complexity index is 492. The highest BCUT2D eigenvalue weighted by atomic mass is 32.1. The Hall–Kier alpha value is -1.40. The average Bonchev–Trinajstić information content (AvgIpc) is 2.84. The molecule has 1 aromatic rings. The third-order valence-electron chi connectivity index (χ3n) is 3.39. The highest BCUT2D eigenvalue weighted by Crippen LogP contribution is 2.26. The van der Waals surface area contributed by atoms with Gasteiger partial charge in [-0.1, -0.05) is 0 Å². The molecule has 2 heterocycles. The van der Waals surface area contributed by atoms with E-state index in [1.807, 2.05) is 19.9 Å². The summed E-state index contributed by atoms with van der Waals surface area (Å²) in [5.74, 6) is -1.17. The number of likely N-dealkylation sites (tertiary alicyclic amines) is 1. The highest BCUT2D eigenvalue weighted by molar-refractivity contribution is 7.14. The number of aryl methyl sites for hydroxylation is 2. The molecular formula is C12H16N2O3S. The molecular weight excluding hydrogens is 252 g/mol. The molecule has 6 heteroatoms. The van der Waals surface area contributed by atoms with Crippen LogP contribution in [0.5, 0.6) is 0 Å². The average molecular weight is 268 g/mol. The number of nitrogens with zero attached hydrogens (tertiary/aromatic N) is 1. The molecule has 1 fully saturated rings. The van der Waals surface area contributed by atoms with Crippen LogP contribution in [0.15, 0.2) is 6.07 Å². The topological polar surface area (TPSA) is 83.6 Å². The van der Waals surface area contributed by atoms with E-state index in [-0.39, 0.29) is 12.5 Å². The summed E-state index contributed by atoms with van der Waals surface area (Å²) in [6.07, 6.45) is 0.303. The Kier molecular flexibility index (Phi) is 3.16. The first-order chi connectivity index (χ1) is 8.33. The van der Waals surface area contributed by atoms with Gasteiger partial charge in [-0.3, -0.25) is 9.59 Å². The largest absolute Gasteiger partial charge is 0.480 e. The molecule has 0 bridgehead atoms. The highest BCUT2D eigenvalue weighted by Gasteiger charge is 2.43. The minimum Gasteiger partial charge on any atom is -0.480 e. The van der Waals surface area contributed by atoms with Gasteiger partial charge in [0.1, 0.15) is 5.54 Å². The lowest BCUT2D eigenvalue weighted by atomic mass is 10.0.